The molecule has 29 heavy (non-hydrogen) atoms. The van der Waals surface area contributed by atoms with Gasteiger partial charge in [-0.2, -0.15) is 0 Å². The SMILES string of the molecule is CC.CN1CCN(C(=O)OC(C)(C)C)c2ccc(B3OC(C)(C)C(C)(C)O3)cc21. The van der Waals surface area contributed by atoms with E-state index in [1.807, 2.05) is 87.6 Å². The number of benzene rings is 1. The van der Waals surface area contributed by atoms with Crippen molar-refractivity contribution in [2.75, 3.05) is 29.9 Å². The molecule has 0 spiro atoms. The van der Waals surface area contributed by atoms with Crippen molar-refractivity contribution in [2.45, 2.75) is 79.1 Å². The number of anilines is 2. The predicted molar refractivity (Wildman–Crippen MR) is 120 cm³/mol. The summed E-state index contributed by atoms with van der Waals surface area (Å²) in [7, 11) is 1.60. The van der Waals surface area contributed by atoms with Crippen molar-refractivity contribution in [3.63, 3.8) is 0 Å². The van der Waals surface area contributed by atoms with Crippen LogP contribution >= 0.6 is 0 Å². The van der Waals surface area contributed by atoms with Crippen LogP contribution in [0.25, 0.3) is 0 Å². The molecule has 2 aliphatic rings. The molecule has 0 aliphatic carbocycles. The molecule has 1 fully saturated rings. The maximum absolute atomic E-state index is 12.6. The first-order valence-corrected chi connectivity index (χ1v) is 10.5. The number of fused-ring (bicyclic) bond motifs is 1. The first-order chi connectivity index (χ1) is 13.3. The average Bonchev–Trinajstić information content (AvgIpc) is 2.83. The van der Waals surface area contributed by atoms with Gasteiger partial charge in [-0.3, -0.25) is 4.90 Å². The third kappa shape index (κ3) is 4.89. The minimum absolute atomic E-state index is 0.319. The molecule has 0 unspecified atom stereocenters. The monoisotopic (exact) mass is 404 g/mol. The number of carbonyl (C=O) groups excluding carboxylic acids is 1. The Morgan fingerprint density at radius 1 is 1.03 bits per heavy atom. The Labute approximate surface area is 176 Å². The Morgan fingerprint density at radius 2 is 1.59 bits per heavy atom. The molecule has 7 heteroatoms. The summed E-state index contributed by atoms with van der Waals surface area (Å²) >= 11 is 0. The standard InChI is InChI=1S/C20H31BN2O4.C2H6/c1-18(2,3)25-17(24)23-12-11-22(8)16-13-14(9-10-15(16)23)21-26-19(4,5)20(6,7)27-21;1-2/h9-10,13H,11-12H2,1-8H3;1-2H3. The molecular weight excluding hydrogens is 367 g/mol. The summed E-state index contributed by atoms with van der Waals surface area (Å²) < 4.78 is 17.9. The lowest BCUT2D eigenvalue weighted by Gasteiger charge is -2.36. The zero-order chi connectivity index (χ0) is 22.2. The Hall–Kier alpha value is -1.73. The fourth-order valence-electron chi connectivity index (χ4n) is 3.20. The lowest BCUT2D eigenvalue weighted by molar-refractivity contribution is 0.00578. The fraction of sp³-hybridized carbons (Fsp3) is 0.682. The number of hydrogen-bond acceptors (Lipinski definition) is 5. The van der Waals surface area contributed by atoms with Crippen LogP contribution in [0.1, 0.15) is 62.3 Å². The predicted octanol–water partition coefficient (Wildman–Crippen LogP) is 4.20. The van der Waals surface area contributed by atoms with Crippen LogP contribution < -0.4 is 15.3 Å². The average molecular weight is 404 g/mol. The van der Waals surface area contributed by atoms with Crippen LogP contribution in [0.2, 0.25) is 0 Å². The number of carbonyl (C=O) groups is 1. The van der Waals surface area contributed by atoms with Crippen molar-refractivity contribution in [3.05, 3.63) is 18.2 Å². The summed E-state index contributed by atoms with van der Waals surface area (Å²) in [5.74, 6) is 0. The van der Waals surface area contributed by atoms with E-state index in [0.717, 1.165) is 23.4 Å². The largest absolute Gasteiger partial charge is 0.494 e. The molecule has 0 saturated carbocycles. The summed E-state index contributed by atoms with van der Waals surface area (Å²) in [5, 5.41) is 0. The van der Waals surface area contributed by atoms with E-state index in [9.17, 15) is 4.79 Å². The van der Waals surface area contributed by atoms with Crippen molar-refractivity contribution in [2.24, 2.45) is 0 Å². The van der Waals surface area contributed by atoms with E-state index in [4.69, 9.17) is 14.0 Å². The second-order valence-electron chi connectivity index (χ2n) is 9.39. The van der Waals surface area contributed by atoms with Crippen LogP contribution in [0.4, 0.5) is 16.2 Å². The van der Waals surface area contributed by atoms with Gasteiger partial charge in [0, 0.05) is 20.1 Å². The zero-order valence-electron chi connectivity index (χ0n) is 19.8. The van der Waals surface area contributed by atoms with Gasteiger partial charge >= 0.3 is 13.2 Å². The Balaban J connectivity index is 0.00000145. The first-order valence-electron chi connectivity index (χ1n) is 10.5. The van der Waals surface area contributed by atoms with E-state index in [-0.39, 0.29) is 17.3 Å². The van der Waals surface area contributed by atoms with Crippen molar-refractivity contribution in [1.29, 1.82) is 0 Å². The minimum Gasteiger partial charge on any atom is -0.443 e. The van der Waals surface area contributed by atoms with Crippen LogP contribution in [-0.2, 0) is 14.0 Å². The van der Waals surface area contributed by atoms with Gasteiger partial charge in [0.25, 0.3) is 0 Å². The molecule has 0 aromatic heterocycles. The highest BCUT2D eigenvalue weighted by Gasteiger charge is 2.51. The van der Waals surface area contributed by atoms with Gasteiger partial charge in [0.1, 0.15) is 5.60 Å². The second kappa shape index (κ2) is 8.19. The number of amides is 1. The van der Waals surface area contributed by atoms with Crippen molar-refractivity contribution in [3.8, 4) is 0 Å². The molecule has 0 N–H and O–H groups in total. The first kappa shape index (κ1) is 23.6. The lowest BCUT2D eigenvalue weighted by atomic mass is 9.78. The summed E-state index contributed by atoms with van der Waals surface area (Å²) in [4.78, 5) is 16.5. The molecule has 0 bridgehead atoms. The second-order valence-corrected chi connectivity index (χ2v) is 9.39. The Bertz CT molecular complexity index is 727. The summed E-state index contributed by atoms with van der Waals surface area (Å²) in [6, 6.07) is 5.97. The van der Waals surface area contributed by atoms with Crippen molar-refractivity contribution < 1.29 is 18.8 Å². The van der Waals surface area contributed by atoms with E-state index < -0.39 is 12.7 Å². The topological polar surface area (TPSA) is 51.2 Å². The van der Waals surface area contributed by atoms with Gasteiger partial charge in [0.05, 0.1) is 22.6 Å². The maximum Gasteiger partial charge on any atom is 0.494 e. The van der Waals surface area contributed by atoms with Crippen LogP contribution in [0.5, 0.6) is 0 Å². The van der Waals surface area contributed by atoms with Crippen molar-refractivity contribution in [1.82, 2.24) is 0 Å². The van der Waals surface area contributed by atoms with E-state index >= 15 is 0 Å². The van der Waals surface area contributed by atoms with Gasteiger partial charge in [-0.05, 0) is 66.1 Å². The van der Waals surface area contributed by atoms with E-state index in [0.29, 0.717) is 6.54 Å². The summed E-state index contributed by atoms with van der Waals surface area (Å²) in [5.41, 5.74) is 1.47. The maximum atomic E-state index is 12.6. The highest BCUT2D eigenvalue weighted by Crippen LogP contribution is 2.38. The molecule has 1 aromatic carbocycles. The van der Waals surface area contributed by atoms with Gasteiger partial charge < -0.3 is 18.9 Å². The third-order valence-corrected chi connectivity index (χ3v) is 5.50. The molecule has 0 atom stereocenters. The summed E-state index contributed by atoms with van der Waals surface area (Å²) in [6.45, 7) is 19.1. The quantitative estimate of drug-likeness (QED) is 0.657. The smallest absolute Gasteiger partial charge is 0.443 e. The third-order valence-electron chi connectivity index (χ3n) is 5.50. The highest BCUT2D eigenvalue weighted by molar-refractivity contribution is 6.62. The van der Waals surface area contributed by atoms with E-state index in [2.05, 4.69) is 4.90 Å². The number of likely N-dealkylation sites (N-methyl/N-ethyl adjacent to an activating group) is 1. The molecule has 6 nitrogen and oxygen atoms in total. The lowest BCUT2D eigenvalue weighted by Crippen LogP contribution is -2.45. The van der Waals surface area contributed by atoms with Crippen LogP contribution in [0, 0.1) is 0 Å². The number of hydrogen-bond donors (Lipinski definition) is 0. The van der Waals surface area contributed by atoms with Crippen LogP contribution in [-0.4, -0.2) is 50.2 Å². The zero-order valence-corrected chi connectivity index (χ0v) is 19.8. The normalized spacial score (nSPS) is 20.0. The van der Waals surface area contributed by atoms with Gasteiger partial charge in [0.15, 0.2) is 0 Å². The number of rotatable bonds is 1. The molecule has 0 radical (unpaired) electrons. The highest BCUT2D eigenvalue weighted by atomic mass is 16.7. The molecule has 1 saturated heterocycles. The van der Waals surface area contributed by atoms with E-state index in [1.54, 1.807) is 4.90 Å². The van der Waals surface area contributed by atoms with Gasteiger partial charge in [-0.1, -0.05) is 19.9 Å². The Morgan fingerprint density at radius 3 is 2.10 bits per heavy atom. The molecule has 2 heterocycles. The van der Waals surface area contributed by atoms with Crippen LogP contribution in [0.3, 0.4) is 0 Å². The summed E-state index contributed by atoms with van der Waals surface area (Å²) in [6.07, 6.45) is -0.319. The fourth-order valence-corrected chi connectivity index (χ4v) is 3.20. The Kier molecular flexibility index (Phi) is 6.65. The molecule has 2 aliphatic heterocycles. The molecule has 1 amide bonds. The minimum atomic E-state index is -0.525. The van der Waals surface area contributed by atoms with Gasteiger partial charge in [0.2, 0.25) is 0 Å². The van der Waals surface area contributed by atoms with Gasteiger partial charge in [-0.15, -0.1) is 0 Å². The molecular formula is C22H37BN2O4. The van der Waals surface area contributed by atoms with Gasteiger partial charge in [-0.25, -0.2) is 4.79 Å². The number of ether oxygens (including phenoxy) is 1. The molecule has 3 rings (SSSR count). The van der Waals surface area contributed by atoms with Crippen molar-refractivity contribution >= 4 is 30.0 Å². The van der Waals surface area contributed by atoms with Crippen LogP contribution in [0.15, 0.2) is 18.2 Å². The molecule has 162 valence electrons. The van der Waals surface area contributed by atoms with E-state index in [1.165, 1.54) is 0 Å². The number of nitrogens with zero attached hydrogens (tertiary/aromatic N) is 2. The molecule has 1 aromatic rings.